The molecule has 0 unspecified atom stereocenters. The van der Waals surface area contributed by atoms with Gasteiger partial charge in [-0.15, -0.1) is 5.10 Å². The van der Waals surface area contributed by atoms with Crippen LogP contribution in [0.1, 0.15) is 36.8 Å². The van der Waals surface area contributed by atoms with Crippen molar-refractivity contribution in [3.8, 4) is 5.69 Å². The minimum atomic E-state index is -3.63. The Balaban J connectivity index is 1.22. The van der Waals surface area contributed by atoms with Crippen LogP contribution in [-0.2, 0) is 27.7 Å². The highest BCUT2D eigenvalue weighted by Gasteiger charge is 2.32. The molecule has 2 aliphatic rings. The van der Waals surface area contributed by atoms with Gasteiger partial charge in [-0.25, -0.2) is 13.1 Å². The highest BCUT2D eigenvalue weighted by Crippen LogP contribution is 2.30. The molecule has 3 aromatic rings. The molecule has 9 nitrogen and oxygen atoms in total. The van der Waals surface area contributed by atoms with Gasteiger partial charge in [-0.2, -0.15) is 4.31 Å². The van der Waals surface area contributed by atoms with Crippen LogP contribution in [0.25, 0.3) is 5.69 Å². The van der Waals surface area contributed by atoms with Crippen LogP contribution in [0.3, 0.4) is 0 Å². The lowest BCUT2D eigenvalue weighted by Crippen LogP contribution is -2.41. The van der Waals surface area contributed by atoms with Crippen LogP contribution >= 0.6 is 0 Å². The molecule has 10 heteroatoms. The van der Waals surface area contributed by atoms with E-state index in [1.807, 2.05) is 12.1 Å². The van der Waals surface area contributed by atoms with Crippen LogP contribution in [-0.4, -0.2) is 51.9 Å². The predicted molar refractivity (Wildman–Crippen MR) is 122 cm³/mol. The lowest BCUT2D eigenvalue weighted by Gasteiger charge is -2.31. The zero-order valence-electron chi connectivity index (χ0n) is 18.2. The topological polar surface area (TPSA) is 110 Å². The van der Waals surface area contributed by atoms with Gasteiger partial charge in [0.25, 0.3) is 0 Å². The van der Waals surface area contributed by atoms with E-state index >= 15 is 0 Å². The van der Waals surface area contributed by atoms with Crippen molar-refractivity contribution in [2.45, 2.75) is 43.4 Å². The van der Waals surface area contributed by atoms with E-state index in [4.69, 9.17) is 0 Å². The summed E-state index contributed by atoms with van der Waals surface area (Å²) < 4.78 is 29.1. The Labute approximate surface area is 192 Å². The van der Waals surface area contributed by atoms with Crippen LogP contribution in [0, 0.1) is 5.92 Å². The summed E-state index contributed by atoms with van der Waals surface area (Å²) in [6.45, 7) is 0.643. The largest absolute Gasteiger partial charge is 0.326 e. The number of aryl methyl sites for hydroxylation is 1. The van der Waals surface area contributed by atoms with Gasteiger partial charge in [-0.05, 0) is 90.4 Å². The zero-order valence-corrected chi connectivity index (χ0v) is 19.0. The minimum Gasteiger partial charge on any atom is -0.326 e. The monoisotopic (exact) mass is 466 g/mol. The van der Waals surface area contributed by atoms with Gasteiger partial charge in [0.15, 0.2) is 0 Å². The summed E-state index contributed by atoms with van der Waals surface area (Å²) >= 11 is 0. The number of piperidine rings is 1. The van der Waals surface area contributed by atoms with E-state index in [1.54, 1.807) is 24.3 Å². The molecule has 0 radical (unpaired) electrons. The fourth-order valence-electron chi connectivity index (χ4n) is 4.69. The fourth-order valence-corrected chi connectivity index (χ4v) is 6.16. The molecular formula is C23H26N6O3S. The molecule has 0 saturated carbocycles. The molecule has 1 N–H and O–H groups in total. The first-order valence-corrected chi connectivity index (χ1v) is 12.7. The van der Waals surface area contributed by atoms with Gasteiger partial charge in [-0.3, -0.25) is 4.79 Å². The quantitative estimate of drug-likeness (QED) is 0.619. The first kappa shape index (κ1) is 21.7. The number of carbonyl (C=O) groups excluding carboxylic acids is 1. The molecule has 1 aromatic heterocycles. The van der Waals surface area contributed by atoms with Gasteiger partial charge in [0, 0.05) is 24.7 Å². The number of amides is 1. The number of nitrogens with one attached hydrogen (secondary N) is 1. The number of anilines is 1. The molecule has 5 rings (SSSR count). The second-order valence-electron chi connectivity index (χ2n) is 8.57. The lowest BCUT2D eigenvalue weighted by molar-refractivity contribution is -0.120. The standard InChI is InChI=1S/C23H26N6O3S/c30-23(25-22-7-3-5-17-4-1-2-6-21(17)22)18-12-14-28(15-13-18)33(31,32)20-10-8-19(9-11-20)29-16-24-26-27-29/h3,5,7-11,16,18H,1-2,4,6,12-15H2,(H,25,30). The zero-order chi connectivity index (χ0) is 22.8. The second kappa shape index (κ2) is 9.03. The van der Waals surface area contributed by atoms with Crippen molar-refractivity contribution in [1.29, 1.82) is 0 Å². The fraction of sp³-hybridized carbons (Fsp3) is 0.391. The summed E-state index contributed by atoms with van der Waals surface area (Å²) in [6.07, 6.45) is 6.85. The van der Waals surface area contributed by atoms with Crippen molar-refractivity contribution in [2.24, 2.45) is 5.92 Å². The van der Waals surface area contributed by atoms with E-state index in [9.17, 15) is 13.2 Å². The summed E-state index contributed by atoms with van der Waals surface area (Å²) in [5.74, 6) is -0.213. The molecule has 2 aromatic carbocycles. The average Bonchev–Trinajstić information content (AvgIpc) is 3.40. The highest BCUT2D eigenvalue weighted by atomic mass is 32.2. The van der Waals surface area contributed by atoms with E-state index in [1.165, 1.54) is 32.9 Å². The molecule has 1 saturated heterocycles. The second-order valence-corrected chi connectivity index (χ2v) is 10.5. The summed E-state index contributed by atoms with van der Waals surface area (Å²) in [6, 6.07) is 12.6. The first-order chi connectivity index (χ1) is 16.0. The van der Waals surface area contributed by atoms with E-state index < -0.39 is 10.0 Å². The third-order valence-electron chi connectivity index (χ3n) is 6.57. The summed E-state index contributed by atoms with van der Waals surface area (Å²) in [7, 11) is -3.63. The third kappa shape index (κ3) is 4.40. The summed E-state index contributed by atoms with van der Waals surface area (Å²) in [5.41, 5.74) is 4.17. The number of nitrogens with zero attached hydrogens (tertiary/aromatic N) is 5. The SMILES string of the molecule is O=C(Nc1cccc2c1CCCC2)C1CCN(S(=O)(=O)c2ccc(-n3cnnn3)cc2)CC1. The highest BCUT2D eigenvalue weighted by molar-refractivity contribution is 7.89. The molecule has 33 heavy (non-hydrogen) atoms. The number of aromatic nitrogens is 4. The Morgan fingerprint density at radius 3 is 2.48 bits per heavy atom. The molecule has 0 spiro atoms. The molecule has 1 aliphatic heterocycles. The number of sulfonamides is 1. The maximum atomic E-state index is 13.1. The number of rotatable bonds is 5. The van der Waals surface area contributed by atoms with Crippen LogP contribution < -0.4 is 5.32 Å². The first-order valence-electron chi connectivity index (χ1n) is 11.3. The number of carbonyl (C=O) groups is 1. The van der Waals surface area contributed by atoms with E-state index in [0.29, 0.717) is 31.6 Å². The van der Waals surface area contributed by atoms with Crippen LogP contribution in [0.2, 0.25) is 0 Å². The predicted octanol–water partition coefficient (Wildman–Crippen LogP) is 2.58. The van der Waals surface area contributed by atoms with Crippen molar-refractivity contribution in [3.05, 3.63) is 59.9 Å². The number of tetrazole rings is 1. The normalized spacial score (nSPS) is 17.5. The third-order valence-corrected chi connectivity index (χ3v) is 8.48. The molecule has 0 bridgehead atoms. The van der Waals surface area contributed by atoms with Gasteiger partial charge in [0.05, 0.1) is 10.6 Å². The van der Waals surface area contributed by atoms with Crippen LogP contribution in [0.4, 0.5) is 5.69 Å². The average molecular weight is 467 g/mol. The lowest BCUT2D eigenvalue weighted by atomic mass is 9.90. The van der Waals surface area contributed by atoms with E-state index in [2.05, 4.69) is 26.9 Å². The van der Waals surface area contributed by atoms with E-state index in [-0.39, 0.29) is 16.7 Å². The van der Waals surface area contributed by atoms with Crippen molar-refractivity contribution >= 4 is 21.6 Å². The Bertz CT molecular complexity index is 1230. The Hall–Kier alpha value is -3.11. The number of fused-ring (bicyclic) bond motifs is 1. The summed E-state index contributed by atoms with van der Waals surface area (Å²) in [4.78, 5) is 13.2. The summed E-state index contributed by atoms with van der Waals surface area (Å²) in [5, 5.41) is 14.1. The Morgan fingerprint density at radius 1 is 1.00 bits per heavy atom. The molecule has 172 valence electrons. The van der Waals surface area contributed by atoms with Crippen molar-refractivity contribution < 1.29 is 13.2 Å². The number of benzene rings is 2. The smallest absolute Gasteiger partial charge is 0.243 e. The maximum Gasteiger partial charge on any atom is 0.243 e. The van der Waals surface area contributed by atoms with Crippen molar-refractivity contribution in [2.75, 3.05) is 18.4 Å². The van der Waals surface area contributed by atoms with Gasteiger partial charge < -0.3 is 5.32 Å². The number of hydrogen-bond donors (Lipinski definition) is 1. The molecule has 1 amide bonds. The number of hydrogen-bond acceptors (Lipinski definition) is 6. The van der Waals surface area contributed by atoms with Crippen molar-refractivity contribution in [1.82, 2.24) is 24.5 Å². The van der Waals surface area contributed by atoms with Gasteiger partial charge in [0.2, 0.25) is 15.9 Å². The van der Waals surface area contributed by atoms with Crippen molar-refractivity contribution in [3.63, 3.8) is 0 Å². The van der Waals surface area contributed by atoms with Gasteiger partial charge in [-0.1, -0.05) is 12.1 Å². The molecule has 1 aliphatic carbocycles. The van der Waals surface area contributed by atoms with Crippen LogP contribution in [0.5, 0.6) is 0 Å². The maximum absolute atomic E-state index is 13.1. The van der Waals surface area contributed by atoms with E-state index in [0.717, 1.165) is 24.9 Å². The molecular weight excluding hydrogens is 440 g/mol. The Morgan fingerprint density at radius 2 is 1.76 bits per heavy atom. The molecule has 0 atom stereocenters. The Kier molecular flexibility index (Phi) is 5.94. The van der Waals surface area contributed by atoms with Crippen LogP contribution in [0.15, 0.2) is 53.7 Å². The molecule has 1 fully saturated rings. The van der Waals surface area contributed by atoms with Gasteiger partial charge >= 0.3 is 0 Å². The van der Waals surface area contributed by atoms with Gasteiger partial charge in [0.1, 0.15) is 6.33 Å². The minimum absolute atomic E-state index is 0.0168. The molecule has 2 heterocycles.